The minimum absolute atomic E-state index is 0.320. The molecule has 2 heterocycles. The van der Waals surface area contributed by atoms with E-state index < -0.39 is 25.0 Å². The Labute approximate surface area is 147 Å². The number of nitrogens with zero attached hydrogens (tertiary/aromatic N) is 2. The summed E-state index contributed by atoms with van der Waals surface area (Å²) in [4.78, 5) is 17.2. The summed E-state index contributed by atoms with van der Waals surface area (Å²) in [5.41, 5.74) is 2.23. The number of carbonyl (C=O) groups is 1. The lowest BCUT2D eigenvalue weighted by molar-refractivity contribution is -0.144. The standard InChI is InChI=1S/C18H27F2N3O2/c1-2-15(18(24)25)23(12-16(19)20)11-4-3-7-14-9-8-13-6-5-10-21-17(13)22-14/h8-9,15-16H,2-7,10-12H2,1H3,(H,21,22)(H,24,25). The largest absolute Gasteiger partial charge is 0.480 e. The van der Waals surface area contributed by atoms with Gasteiger partial charge in [-0.15, -0.1) is 0 Å². The highest BCUT2D eigenvalue weighted by atomic mass is 19.3. The van der Waals surface area contributed by atoms with Crippen LogP contribution in [0.25, 0.3) is 0 Å². The summed E-state index contributed by atoms with van der Waals surface area (Å²) >= 11 is 0. The van der Waals surface area contributed by atoms with Gasteiger partial charge in [0, 0.05) is 12.2 Å². The molecule has 140 valence electrons. The van der Waals surface area contributed by atoms with Crippen molar-refractivity contribution in [2.24, 2.45) is 0 Å². The van der Waals surface area contributed by atoms with Crippen molar-refractivity contribution >= 4 is 11.8 Å². The fraction of sp³-hybridized carbons (Fsp3) is 0.667. The Hall–Kier alpha value is -1.76. The van der Waals surface area contributed by atoms with Crippen molar-refractivity contribution in [3.8, 4) is 0 Å². The first-order valence-electron chi connectivity index (χ1n) is 8.99. The van der Waals surface area contributed by atoms with Crippen LogP contribution in [0.3, 0.4) is 0 Å². The molecule has 0 saturated carbocycles. The van der Waals surface area contributed by atoms with Gasteiger partial charge in [-0.05, 0) is 56.7 Å². The summed E-state index contributed by atoms with van der Waals surface area (Å²) < 4.78 is 25.5. The van der Waals surface area contributed by atoms with Gasteiger partial charge in [0.05, 0.1) is 6.54 Å². The Balaban J connectivity index is 1.84. The molecule has 1 aromatic rings. The molecule has 1 aromatic heterocycles. The molecule has 0 spiro atoms. The van der Waals surface area contributed by atoms with E-state index in [1.165, 1.54) is 10.5 Å². The summed E-state index contributed by atoms with van der Waals surface area (Å²) in [5.74, 6) is -0.0782. The Kier molecular flexibility index (Phi) is 7.55. The van der Waals surface area contributed by atoms with Crippen LogP contribution >= 0.6 is 0 Å². The Bertz CT molecular complexity index is 569. The third-order valence-corrected chi connectivity index (χ3v) is 4.57. The molecular weight excluding hydrogens is 328 g/mol. The number of rotatable bonds is 10. The first kappa shape index (κ1) is 19.6. The summed E-state index contributed by atoms with van der Waals surface area (Å²) in [5, 5.41) is 12.5. The lowest BCUT2D eigenvalue weighted by atomic mass is 10.1. The smallest absolute Gasteiger partial charge is 0.320 e. The minimum atomic E-state index is -2.53. The zero-order valence-electron chi connectivity index (χ0n) is 14.7. The molecule has 0 fully saturated rings. The lowest BCUT2D eigenvalue weighted by Gasteiger charge is -2.27. The number of aliphatic carboxylic acids is 1. The summed E-state index contributed by atoms with van der Waals surface area (Å²) in [7, 11) is 0. The first-order valence-corrected chi connectivity index (χ1v) is 8.99. The van der Waals surface area contributed by atoms with E-state index in [0.29, 0.717) is 19.4 Å². The number of hydrogen-bond acceptors (Lipinski definition) is 4. The van der Waals surface area contributed by atoms with Crippen LogP contribution in [0.1, 0.15) is 43.9 Å². The number of carboxylic acid groups (broad SMARTS) is 1. The number of unbranched alkanes of at least 4 members (excludes halogenated alkanes) is 1. The van der Waals surface area contributed by atoms with Gasteiger partial charge in [0.1, 0.15) is 11.9 Å². The Morgan fingerprint density at radius 2 is 2.20 bits per heavy atom. The quantitative estimate of drug-likeness (QED) is 0.631. The van der Waals surface area contributed by atoms with Crippen LogP contribution in [0.4, 0.5) is 14.6 Å². The number of aryl methyl sites for hydroxylation is 2. The van der Waals surface area contributed by atoms with Crippen molar-refractivity contribution in [2.75, 3.05) is 25.0 Å². The van der Waals surface area contributed by atoms with Gasteiger partial charge in [0.15, 0.2) is 0 Å². The number of aromatic nitrogens is 1. The van der Waals surface area contributed by atoms with E-state index in [4.69, 9.17) is 0 Å². The summed E-state index contributed by atoms with van der Waals surface area (Å²) in [6.45, 7) is 2.52. The molecule has 0 aromatic carbocycles. The second-order valence-electron chi connectivity index (χ2n) is 6.45. The van der Waals surface area contributed by atoms with Crippen LogP contribution < -0.4 is 5.32 Å². The number of nitrogens with one attached hydrogen (secondary N) is 1. The van der Waals surface area contributed by atoms with E-state index >= 15 is 0 Å². The predicted octanol–water partition coefficient (Wildman–Crippen LogP) is 3.19. The number of pyridine rings is 1. The molecule has 0 bridgehead atoms. The van der Waals surface area contributed by atoms with Crippen LogP contribution in [-0.4, -0.2) is 53.1 Å². The second-order valence-corrected chi connectivity index (χ2v) is 6.45. The maximum absolute atomic E-state index is 12.7. The van der Waals surface area contributed by atoms with Gasteiger partial charge in [-0.3, -0.25) is 9.69 Å². The molecule has 7 heteroatoms. The molecule has 1 atom stereocenters. The Morgan fingerprint density at radius 1 is 1.40 bits per heavy atom. The maximum atomic E-state index is 12.7. The molecule has 1 aliphatic heterocycles. The first-order chi connectivity index (χ1) is 12.0. The minimum Gasteiger partial charge on any atom is -0.480 e. The number of fused-ring (bicyclic) bond motifs is 1. The molecule has 0 amide bonds. The van der Waals surface area contributed by atoms with Crippen molar-refractivity contribution in [3.05, 3.63) is 23.4 Å². The summed E-state index contributed by atoms with van der Waals surface area (Å²) in [6.07, 6.45) is 2.19. The van der Waals surface area contributed by atoms with Crippen molar-refractivity contribution in [1.29, 1.82) is 0 Å². The van der Waals surface area contributed by atoms with E-state index in [9.17, 15) is 18.7 Å². The van der Waals surface area contributed by atoms with Crippen LogP contribution in [0, 0.1) is 0 Å². The molecule has 2 N–H and O–H groups in total. The Morgan fingerprint density at radius 3 is 2.88 bits per heavy atom. The van der Waals surface area contributed by atoms with Gasteiger partial charge in [0.25, 0.3) is 6.43 Å². The third kappa shape index (κ3) is 5.92. The van der Waals surface area contributed by atoms with E-state index in [1.807, 2.05) is 6.07 Å². The van der Waals surface area contributed by atoms with Crippen molar-refractivity contribution in [1.82, 2.24) is 9.88 Å². The average Bonchev–Trinajstić information content (AvgIpc) is 2.58. The highest BCUT2D eigenvalue weighted by molar-refractivity contribution is 5.73. The van der Waals surface area contributed by atoms with Gasteiger partial charge < -0.3 is 10.4 Å². The van der Waals surface area contributed by atoms with Crippen LogP contribution in [0.5, 0.6) is 0 Å². The van der Waals surface area contributed by atoms with E-state index in [2.05, 4.69) is 16.4 Å². The maximum Gasteiger partial charge on any atom is 0.320 e. The molecule has 2 rings (SSSR count). The molecular formula is C18H27F2N3O2. The molecule has 0 saturated heterocycles. The molecule has 1 unspecified atom stereocenters. The third-order valence-electron chi connectivity index (χ3n) is 4.57. The monoisotopic (exact) mass is 355 g/mol. The van der Waals surface area contributed by atoms with Crippen molar-refractivity contribution in [2.45, 2.75) is 57.9 Å². The zero-order valence-corrected chi connectivity index (χ0v) is 14.7. The fourth-order valence-electron chi connectivity index (χ4n) is 3.27. The van der Waals surface area contributed by atoms with Crippen LogP contribution in [-0.2, 0) is 17.6 Å². The molecule has 5 nitrogen and oxygen atoms in total. The van der Waals surface area contributed by atoms with Gasteiger partial charge in [-0.25, -0.2) is 13.8 Å². The zero-order chi connectivity index (χ0) is 18.2. The molecule has 25 heavy (non-hydrogen) atoms. The van der Waals surface area contributed by atoms with Crippen molar-refractivity contribution in [3.63, 3.8) is 0 Å². The normalized spacial score (nSPS) is 15.1. The number of anilines is 1. The number of hydrogen-bond donors (Lipinski definition) is 2. The van der Waals surface area contributed by atoms with E-state index in [0.717, 1.165) is 43.7 Å². The second kappa shape index (κ2) is 9.65. The highest BCUT2D eigenvalue weighted by Gasteiger charge is 2.25. The lowest BCUT2D eigenvalue weighted by Crippen LogP contribution is -2.43. The van der Waals surface area contributed by atoms with Crippen LogP contribution in [0.15, 0.2) is 12.1 Å². The number of alkyl halides is 2. The molecule has 0 aliphatic carbocycles. The SMILES string of the molecule is CCC(C(=O)O)N(CCCCc1ccc2c(n1)NCCC2)CC(F)F. The molecule has 1 aliphatic rings. The molecule has 0 radical (unpaired) electrons. The van der Waals surface area contributed by atoms with Gasteiger partial charge in [-0.1, -0.05) is 13.0 Å². The summed E-state index contributed by atoms with van der Waals surface area (Å²) in [6, 6.07) is 3.28. The van der Waals surface area contributed by atoms with Crippen molar-refractivity contribution < 1.29 is 18.7 Å². The van der Waals surface area contributed by atoms with Crippen LogP contribution in [0.2, 0.25) is 0 Å². The van der Waals surface area contributed by atoms with E-state index in [1.54, 1.807) is 6.92 Å². The topological polar surface area (TPSA) is 65.5 Å². The average molecular weight is 355 g/mol. The number of halogens is 2. The number of carboxylic acids is 1. The van der Waals surface area contributed by atoms with E-state index in [-0.39, 0.29) is 0 Å². The predicted molar refractivity (Wildman–Crippen MR) is 93.3 cm³/mol. The fourth-order valence-corrected chi connectivity index (χ4v) is 3.27. The van der Waals surface area contributed by atoms with Gasteiger partial charge >= 0.3 is 5.97 Å². The van der Waals surface area contributed by atoms with Gasteiger partial charge in [0.2, 0.25) is 0 Å². The highest BCUT2D eigenvalue weighted by Crippen LogP contribution is 2.20. The van der Waals surface area contributed by atoms with Gasteiger partial charge in [-0.2, -0.15) is 0 Å².